The summed E-state index contributed by atoms with van der Waals surface area (Å²) in [6.45, 7) is 5.76. The van der Waals surface area contributed by atoms with Crippen molar-refractivity contribution in [1.82, 2.24) is 10.6 Å². The zero-order valence-electron chi connectivity index (χ0n) is 9.71. The number of rotatable bonds is 6. The van der Waals surface area contributed by atoms with Crippen molar-refractivity contribution in [2.45, 2.75) is 32.7 Å². The van der Waals surface area contributed by atoms with Crippen molar-refractivity contribution in [1.29, 1.82) is 0 Å². The van der Waals surface area contributed by atoms with E-state index in [0.29, 0.717) is 0 Å². The SMILES string of the molecule is CCCNC(=O)C(C)NCC1CCSC1. The fourth-order valence-corrected chi connectivity index (χ4v) is 2.87. The number of thioether (sulfide) groups is 1. The Bertz CT molecular complexity index is 193. The lowest BCUT2D eigenvalue weighted by Crippen LogP contribution is -2.44. The molecule has 1 amide bonds. The Balaban J connectivity index is 2.10. The maximum absolute atomic E-state index is 11.5. The molecule has 0 aromatic rings. The molecule has 0 aromatic carbocycles. The fraction of sp³-hybridized carbons (Fsp3) is 0.909. The number of hydrogen-bond donors (Lipinski definition) is 2. The maximum atomic E-state index is 11.5. The van der Waals surface area contributed by atoms with Crippen LogP contribution < -0.4 is 10.6 Å². The van der Waals surface area contributed by atoms with Gasteiger partial charge >= 0.3 is 0 Å². The number of nitrogens with one attached hydrogen (secondary N) is 2. The molecule has 2 unspecified atom stereocenters. The van der Waals surface area contributed by atoms with Crippen LogP contribution in [0.4, 0.5) is 0 Å². The highest BCUT2D eigenvalue weighted by molar-refractivity contribution is 7.99. The average Bonchev–Trinajstić information content (AvgIpc) is 2.75. The number of hydrogen-bond acceptors (Lipinski definition) is 3. The summed E-state index contributed by atoms with van der Waals surface area (Å²) in [6.07, 6.45) is 2.29. The van der Waals surface area contributed by atoms with Crippen molar-refractivity contribution in [3.63, 3.8) is 0 Å². The molecule has 1 aliphatic heterocycles. The average molecular weight is 230 g/mol. The van der Waals surface area contributed by atoms with Gasteiger partial charge in [-0.25, -0.2) is 0 Å². The van der Waals surface area contributed by atoms with Gasteiger partial charge < -0.3 is 10.6 Å². The second-order valence-corrected chi connectivity index (χ2v) is 5.30. The van der Waals surface area contributed by atoms with Crippen LogP contribution in [0.15, 0.2) is 0 Å². The van der Waals surface area contributed by atoms with Gasteiger partial charge in [0, 0.05) is 6.54 Å². The van der Waals surface area contributed by atoms with Crippen LogP contribution in [0.1, 0.15) is 26.7 Å². The Morgan fingerprint density at radius 2 is 2.40 bits per heavy atom. The quantitative estimate of drug-likeness (QED) is 0.721. The van der Waals surface area contributed by atoms with Gasteiger partial charge in [-0.3, -0.25) is 4.79 Å². The minimum Gasteiger partial charge on any atom is -0.355 e. The standard InChI is InChI=1S/C11H22N2OS/c1-3-5-12-11(14)9(2)13-7-10-4-6-15-8-10/h9-10,13H,3-8H2,1-2H3,(H,12,14). The molecule has 2 N–H and O–H groups in total. The number of amides is 1. The molecule has 1 heterocycles. The monoisotopic (exact) mass is 230 g/mol. The highest BCUT2D eigenvalue weighted by Gasteiger charge is 2.18. The number of carbonyl (C=O) groups excluding carboxylic acids is 1. The molecule has 0 saturated carbocycles. The van der Waals surface area contributed by atoms with Crippen LogP contribution in [0.2, 0.25) is 0 Å². The third-order valence-electron chi connectivity index (χ3n) is 2.68. The van der Waals surface area contributed by atoms with Crippen molar-refractivity contribution in [2.24, 2.45) is 5.92 Å². The predicted octanol–water partition coefficient (Wildman–Crippen LogP) is 1.24. The molecule has 0 spiro atoms. The molecular formula is C11H22N2OS. The molecule has 1 aliphatic rings. The van der Waals surface area contributed by atoms with E-state index in [1.54, 1.807) is 0 Å². The third-order valence-corrected chi connectivity index (χ3v) is 3.91. The van der Waals surface area contributed by atoms with E-state index in [1.807, 2.05) is 18.7 Å². The molecule has 2 atom stereocenters. The molecule has 88 valence electrons. The van der Waals surface area contributed by atoms with E-state index in [2.05, 4.69) is 17.6 Å². The molecule has 1 fully saturated rings. The van der Waals surface area contributed by atoms with E-state index in [-0.39, 0.29) is 11.9 Å². The first-order chi connectivity index (χ1) is 7.24. The molecular weight excluding hydrogens is 208 g/mol. The van der Waals surface area contributed by atoms with Crippen LogP contribution in [0.25, 0.3) is 0 Å². The van der Waals surface area contributed by atoms with Gasteiger partial charge in [-0.15, -0.1) is 0 Å². The molecule has 3 nitrogen and oxygen atoms in total. The van der Waals surface area contributed by atoms with Gasteiger partial charge in [-0.05, 0) is 43.7 Å². The van der Waals surface area contributed by atoms with Crippen molar-refractivity contribution in [3.8, 4) is 0 Å². The number of carbonyl (C=O) groups is 1. The van der Waals surface area contributed by atoms with Crippen LogP contribution in [0.5, 0.6) is 0 Å². The van der Waals surface area contributed by atoms with Gasteiger partial charge in [0.25, 0.3) is 0 Å². The van der Waals surface area contributed by atoms with E-state index in [1.165, 1.54) is 17.9 Å². The van der Waals surface area contributed by atoms with Gasteiger partial charge in [0.15, 0.2) is 0 Å². The first-order valence-corrected chi connectivity index (χ1v) is 6.98. The highest BCUT2D eigenvalue weighted by atomic mass is 32.2. The lowest BCUT2D eigenvalue weighted by Gasteiger charge is -2.16. The van der Waals surface area contributed by atoms with Gasteiger partial charge in [0.05, 0.1) is 6.04 Å². The summed E-state index contributed by atoms with van der Waals surface area (Å²) in [6, 6.07) is -0.0536. The first kappa shape index (κ1) is 12.8. The van der Waals surface area contributed by atoms with Crippen molar-refractivity contribution >= 4 is 17.7 Å². The first-order valence-electron chi connectivity index (χ1n) is 5.83. The van der Waals surface area contributed by atoms with E-state index in [0.717, 1.165) is 25.4 Å². The minimum atomic E-state index is -0.0536. The summed E-state index contributed by atoms with van der Waals surface area (Å²) in [4.78, 5) is 11.5. The van der Waals surface area contributed by atoms with Crippen LogP contribution >= 0.6 is 11.8 Å². The lowest BCUT2D eigenvalue weighted by molar-refractivity contribution is -0.122. The van der Waals surface area contributed by atoms with Crippen molar-refractivity contribution in [3.05, 3.63) is 0 Å². The summed E-state index contributed by atoms with van der Waals surface area (Å²) < 4.78 is 0. The summed E-state index contributed by atoms with van der Waals surface area (Å²) >= 11 is 2.02. The zero-order valence-corrected chi connectivity index (χ0v) is 10.5. The Morgan fingerprint density at radius 3 is 3.00 bits per heavy atom. The third kappa shape index (κ3) is 4.89. The topological polar surface area (TPSA) is 41.1 Å². The maximum Gasteiger partial charge on any atom is 0.236 e. The Morgan fingerprint density at radius 1 is 1.60 bits per heavy atom. The van der Waals surface area contributed by atoms with E-state index in [4.69, 9.17) is 0 Å². The molecule has 0 bridgehead atoms. The molecule has 0 aliphatic carbocycles. The largest absolute Gasteiger partial charge is 0.355 e. The lowest BCUT2D eigenvalue weighted by atomic mass is 10.1. The Labute approximate surface area is 96.8 Å². The molecule has 1 saturated heterocycles. The van der Waals surface area contributed by atoms with Gasteiger partial charge in [0.1, 0.15) is 0 Å². The van der Waals surface area contributed by atoms with Gasteiger partial charge in [-0.1, -0.05) is 6.92 Å². The summed E-state index contributed by atoms with van der Waals surface area (Å²) in [5, 5.41) is 6.21. The second-order valence-electron chi connectivity index (χ2n) is 4.15. The van der Waals surface area contributed by atoms with Crippen molar-refractivity contribution < 1.29 is 4.79 Å². The molecule has 15 heavy (non-hydrogen) atoms. The van der Waals surface area contributed by atoms with E-state index in [9.17, 15) is 4.79 Å². The Hall–Kier alpha value is -0.220. The minimum absolute atomic E-state index is 0.0536. The molecule has 4 heteroatoms. The van der Waals surface area contributed by atoms with Crippen LogP contribution in [-0.2, 0) is 4.79 Å². The smallest absolute Gasteiger partial charge is 0.236 e. The van der Waals surface area contributed by atoms with E-state index >= 15 is 0 Å². The van der Waals surface area contributed by atoms with Crippen LogP contribution in [0.3, 0.4) is 0 Å². The summed E-state index contributed by atoms with van der Waals surface area (Å²) in [5.74, 6) is 3.41. The summed E-state index contributed by atoms with van der Waals surface area (Å²) in [5.41, 5.74) is 0. The second kappa shape index (κ2) is 7.12. The van der Waals surface area contributed by atoms with Crippen LogP contribution in [0, 0.1) is 5.92 Å². The molecule has 1 rings (SSSR count). The summed E-state index contributed by atoms with van der Waals surface area (Å²) in [7, 11) is 0. The normalized spacial score (nSPS) is 22.7. The van der Waals surface area contributed by atoms with Gasteiger partial charge in [-0.2, -0.15) is 11.8 Å². The Kier molecular flexibility index (Phi) is 6.10. The predicted molar refractivity (Wildman–Crippen MR) is 66.2 cm³/mol. The molecule has 0 radical (unpaired) electrons. The highest BCUT2D eigenvalue weighted by Crippen LogP contribution is 2.22. The molecule has 0 aromatic heterocycles. The zero-order chi connectivity index (χ0) is 11.1. The fourth-order valence-electron chi connectivity index (χ4n) is 1.58. The van der Waals surface area contributed by atoms with Crippen LogP contribution in [-0.4, -0.2) is 36.5 Å². The van der Waals surface area contributed by atoms with Crippen molar-refractivity contribution in [2.75, 3.05) is 24.6 Å². The van der Waals surface area contributed by atoms with Gasteiger partial charge in [0.2, 0.25) is 5.91 Å². The van der Waals surface area contributed by atoms with E-state index < -0.39 is 0 Å².